The van der Waals surface area contributed by atoms with Crippen molar-refractivity contribution >= 4 is 15.7 Å². The fraction of sp³-hybridized carbons (Fsp3) is 0.333. The van der Waals surface area contributed by atoms with E-state index in [4.69, 9.17) is 5.73 Å². The van der Waals surface area contributed by atoms with Crippen molar-refractivity contribution in [2.75, 3.05) is 12.3 Å². The molecule has 0 saturated heterocycles. The van der Waals surface area contributed by atoms with Crippen LogP contribution >= 0.6 is 0 Å². The third-order valence-electron chi connectivity index (χ3n) is 2.94. The number of rotatable bonds is 6. The largest absolute Gasteiger partial charge is 0.399 e. The molecular weight excluding hydrogens is 297 g/mol. The Morgan fingerprint density at radius 1 is 1.43 bits per heavy atom. The van der Waals surface area contributed by atoms with Gasteiger partial charge in [0.05, 0.1) is 11.1 Å². The van der Waals surface area contributed by atoms with Crippen LogP contribution in [0.2, 0.25) is 0 Å². The van der Waals surface area contributed by atoms with Crippen molar-refractivity contribution in [2.24, 2.45) is 0 Å². The van der Waals surface area contributed by atoms with Crippen molar-refractivity contribution in [3.05, 3.63) is 35.9 Å². The Bertz CT molecular complexity index is 715. The average Bonchev–Trinajstić information content (AvgIpc) is 2.92. The molecule has 7 nitrogen and oxygen atoms in total. The van der Waals surface area contributed by atoms with Crippen LogP contribution in [0.4, 0.5) is 10.1 Å². The molecule has 2 rings (SSSR count). The fourth-order valence-corrected chi connectivity index (χ4v) is 3.19. The number of nitrogens with two attached hydrogens (primary N) is 1. The molecule has 0 aliphatic rings. The summed E-state index contributed by atoms with van der Waals surface area (Å²) in [5.74, 6) is -0.641. The summed E-state index contributed by atoms with van der Waals surface area (Å²) in [5, 5.41) is 7.42. The van der Waals surface area contributed by atoms with Gasteiger partial charge in [0, 0.05) is 30.5 Å². The van der Waals surface area contributed by atoms with Crippen molar-refractivity contribution in [1.29, 1.82) is 0 Å². The Morgan fingerprint density at radius 2 is 2.19 bits per heavy atom. The Kier molecular flexibility index (Phi) is 4.53. The van der Waals surface area contributed by atoms with Crippen molar-refractivity contribution in [3.63, 3.8) is 0 Å². The lowest BCUT2D eigenvalue weighted by atomic mass is 10.2. The Labute approximate surface area is 122 Å². The number of nitrogens with one attached hydrogen (secondary N) is 1. The van der Waals surface area contributed by atoms with E-state index in [1.54, 1.807) is 17.1 Å². The molecule has 9 heteroatoms. The van der Waals surface area contributed by atoms with Crippen LogP contribution in [0.3, 0.4) is 0 Å². The summed E-state index contributed by atoms with van der Waals surface area (Å²) in [7, 11) is -3.79. The number of sulfonamides is 1. The van der Waals surface area contributed by atoms with E-state index in [1.807, 2.05) is 0 Å². The van der Waals surface area contributed by atoms with Gasteiger partial charge in [-0.25, -0.2) is 17.5 Å². The molecule has 0 aliphatic carbocycles. The van der Waals surface area contributed by atoms with E-state index in [1.165, 1.54) is 13.0 Å². The fourth-order valence-electron chi connectivity index (χ4n) is 1.83. The Morgan fingerprint density at radius 3 is 2.86 bits per heavy atom. The number of anilines is 1. The second-order valence-corrected chi connectivity index (χ2v) is 6.28. The topological polar surface area (TPSA) is 103 Å². The molecule has 0 atom stereocenters. The smallest absolute Gasteiger partial charge is 0.241 e. The highest BCUT2D eigenvalue weighted by Crippen LogP contribution is 2.21. The predicted octanol–water partition coefficient (Wildman–Crippen LogP) is 0.676. The van der Waals surface area contributed by atoms with Gasteiger partial charge in [-0.05, 0) is 25.5 Å². The summed E-state index contributed by atoms with van der Waals surface area (Å²) in [4.78, 5) is -0.138. The van der Waals surface area contributed by atoms with E-state index in [0.717, 1.165) is 6.07 Å². The Balaban J connectivity index is 2.02. The highest BCUT2D eigenvalue weighted by Gasteiger charge is 2.19. The van der Waals surface area contributed by atoms with Crippen LogP contribution in [0.1, 0.15) is 12.0 Å². The third-order valence-corrected chi connectivity index (χ3v) is 4.52. The number of hydrogen-bond acceptors (Lipinski definition) is 5. The van der Waals surface area contributed by atoms with Gasteiger partial charge in [-0.2, -0.15) is 0 Å². The van der Waals surface area contributed by atoms with E-state index in [9.17, 15) is 12.8 Å². The number of nitrogen functional groups attached to an aromatic ring is 1. The lowest BCUT2D eigenvalue weighted by Gasteiger charge is -2.11. The third kappa shape index (κ3) is 3.76. The van der Waals surface area contributed by atoms with Gasteiger partial charge in [0.25, 0.3) is 0 Å². The molecule has 0 spiro atoms. The summed E-state index contributed by atoms with van der Waals surface area (Å²) < 4.78 is 41.9. The molecule has 0 saturated carbocycles. The van der Waals surface area contributed by atoms with Crippen LogP contribution < -0.4 is 10.5 Å². The molecule has 0 bridgehead atoms. The van der Waals surface area contributed by atoms with Crippen molar-refractivity contribution < 1.29 is 12.8 Å². The molecule has 0 aliphatic heterocycles. The number of hydrogen-bond donors (Lipinski definition) is 2. The molecule has 1 aromatic carbocycles. The van der Waals surface area contributed by atoms with Crippen molar-refractivity contribution in [3.8, 4) is 0 Å². The first kappa shape index (κ1) is 15.4. The van der Waals surface area contributed by atoms with Crippen LogP contribution in [-0.4, -0.2) is 30.0 Å². The molecule has 1 heterocycles. The molecule has 0 radical (unpaired) electrons. The molecule has 0 amide bonds. The van der Waals surface area contributed by atoms with Crippen LogP contribution in [0, 0.1) is 12.7 Å². The SMILES string of the molecule is Cc1c(F)cc(N)cc1S(=O)(=O)NCCCn1ccnn1. The molecule has 114 valence electrons. The van der Waals surface area contributed by atoms with Crippen LogP contribution in [-0.2, 0) is 16.6 Å². The second-order valence-electron chi connectivity index (χ2n) is 4.54. The van der Waals surface area contributed by atoms with Crippen molar-refractivity contribution in [1.82, 2.24) is 19.7 Å². The van der Waals surface area contributed by atoms with E-state index < -0.39 is 15.8 Å². The number of aromatic nitrogens is 3. The maximum absolute atomic E-state index is 13.6. The standard InChI is InChI=1S/C12H16FN5O2S/c1-9-11(13)7-10(14)8-12(9)21(19,20)16-3-2-5-18-6-4-15-17-18/h4,6-8,16H,2-3,5,14H2,1H3. The molecule has 0 unspecified atom stereocenters. The molecule has 2 aromatic rings. The zero-order valence-corrected chi connectivity index (χ0v) is 12.3. The van der Waals surface area contributed by atoms with Crippen molar-refractivity contribution in [2.45, 2.75) is 24.8 Å². The predicted molar refractivity (Wildman–Crippen MR) is 75.4 cm³/mol. The number of nitrogens with zero attached hydrogens (tertiary/aromatic N) is 3. The molecule has 3 N–H and O–H groups in total. The minimum absolute atomic E-state index is 0.0491. The number of benzene rings is 1. The van der Waals surface area contributed by atoms with Gasteiger partial charge in [-0.1, -0.05) is 5.21 Å². The molecule has 0 fully saturated rings. The minimum atomic E-state index is -3.79. The first-order valence-electron chi connectivity index (χ1n) is 6.29. The number of halogens is 1. The molecular formula is C12H16FN5O2S. The van der Waals surface area contributed by atoms with Gasteiger partial charge in [-0.15, -0.1) is 5.10 Å². The highest BCUT2D eigenvalue weighted by molar-refractivity contribution is 7.89. The minimum Gasteiger partial charge on any atom is -0.399 e. The van der Waals surface area contributed by atoms with Gasteiger partial charge in [0.2, 0.25) is 10.0 Å². The molecule has 1 aromatic heterocycles. The summed E-state index contributed by atoms with van der Waals surface area (Å²) in [5.41, 5.74) is 5.61. The quantitative estimate of drug-likeness (QED) is 0.603. The van der Waals surface area contributed by atoms with Crippen LogP contribution in [0.15, 0.2) is 29.4 Å². The van der Waals surface area contributed by atoms with Gasteiger partial charge in [0.1, 0.15) is 5.82 Å². The Hall–Kier alpha value is -2.00. The van der Waals surface area contributed by atoms with E-state index in [2.05, 4.69) is 15.0 Å². The summed E-state index contributed by atoms with van der Waals surface area (Å²) >= 11 is 0. The first-order valence-corrected chi connectivity index (χ1v) is 7.78. The highest BCUT2D eigenvalue weighted by atomic mass is 32.2. The van der Waals surface area contributed by atoms with Gasteiger partial charge in [-0.3, -0.25) is 4.68 Å². The monoisotopic (exact) mass is 313 g/mol. The average molecular weight is 313 g/mol. The second kappa shape index (κ2) is 6.19. The van der Waals surface area contributed by atoms with Gasteiger partial charge in [0.15, 0.2) is 0 Å². The maximum atomic E-state index is 13.6. The summed E-state index contributed by atoms with van der Waals surface area (Å²) in [6.45, 7) is 2.14. The lowest BCUT2D eigenvalue weighted by Crippen LogP contribution is -2.26. The first-order chi connectivity index (χ1) is 9.90. The van der Waals surface area contributed by atoms with E-state index in [0.29, 0.717) is 13.0 Å². The lowest BCUT2D eigenvalue weighted by molar-refractivity contribution is 0.541. The maximum Gasteiger partial charge on any atom is 0.241 e. The summed E-state index contributed by atoms with van der Waals surface area (Å²) in [6, 6.07) is 2.34. The van der Waals surface area contributed by atoms with Gasteiger partial charge < -0.3 is 5.73 Å². The number of aryl methyl sites for hydroxylation is 1. The zero-order valence-electron chi connectivity index (χ0n) is 11.5. The normalized spacial score (nSPS) is 11.7. The van der Waals surface area contributed by atoms with E-state index >= 15 is 0 Å². The van der Waals surface area contributed by atoms with Gasteiger partial charge >= 0.3 is 0 Å². The van der Waals surface area contributed by atoms with Crippen LogP contribution in [0.5, 0.6) is 0 Å². The molecule has 21 heavy (non-hydrogen) atoms. The zero-order chi connectivity index (χ0) is 15.5. The van der Waals surface area contributed by atoms with E-state index in [-0.39, 0.29) is 22.7 Å². The van der Waals surface area contributed by atoms with Crippen LogP contribution in [0.25, 0.3) is 0 Å². The summed E-state index contributed by atoms with van der Waals surface area (Å²) in [6.07, 6.45) is 3.77.